The summed E-state index contributed by atoms with van der Waals surface area (Å²) in [5.41, 5.74) is 1.37. The van der Waals surface area contributed by atoms with E-state index in [1.165, 1.54) is 0 Å². The molecule has 96 valence electrons. The summed E-state index contributed by atoms with van der Waals surface area (Å²) in [6.07, 6.45) is 1.85. The SMILES string of the molecule is C/C(=C/NC(C)C)C(=N)CN1CCNCC1=O. The minimum Gasteiger partial charge on any atom is -0.388 e. The highest BCUT2D eigenvalue weighted by Crippen LogP contribution is 2.00. The van der Waals surface area contributed by atoms with Crippen LogP contribution in [0.4, 0.5) is 0 Å². The van der Waals surface area contributed by atoms with E-state index in [1.807, 2.05) is 27.0 Å². The van der Waals surface area contributed by atoms with Gasteiger partial charge in [0.15, 0.2) is 0 Å². The lowest BCUT2D eigenvalue weighted by atomic mass is 10.1. The second-order valence-corrected chi connectivity index (χ2v) is 4.62. The second kappa shape index (κ2) is 6.39. The molecular formula is C12H22N4O. The fraction of sp³-hybridized carbons (Fsp3) is 0.667. The van der Waals surface area contributed by atoms with Crippen molar-refractivity contribution in [2.45, 2.75) is 26.8 Å². The highest BCUT2D eigenvalue weighted by atomic mass is 16.2. The first-order chi connectivity index (χ1) is 8.00. The lowest BCUT2D eigenvalue weighted by Gasteiger charge is -2.27. The number of piperazine rings is 1. The first kappa shape index (κ1) is 13.7. The summed E-state index contributed by atoms with van der Waals surface area (Å²) in [4.78, 5) is 13.3. The standard InChI is InChI=1S/C12H22N4O/c1-9(2)15-6-10(3)11(13)8-16-5-4-14-7-12(16)17/h6,9,13-15H,4-5,7-8H2,1-3H3/b10-6-,13-11?. The number of carbonyl (C=O) groups is 1. The molecule has 3 N–H and O–H groups in total. The third-order valence-corrected chi connectivity index (χ3v) is 2.65. The summed E-state index contributed by atoms with van der Waals surface area (Å²) < 4.78 is 0. The highest BCUT2D eigenvalue weighted by Gasteiger charge is 2.18. The molecule has 17 heavy (non-hydrogen) atoms. The van der Waals surface area contributed by atoms with Gasteiger partial charge < -0.3 is 20.9 Å². The molecule has 0 aromatic heterocycles. The lowest BCUT2D eigenvalue weighted by molar-refractivity contribution is -0.131. The molecule has 0 unspecified atom stereocenters. The van der Waals surface area contributed by atoms with Gasteiger partial charge in [0.2, 0.25) is 5.91 Å². The summed E-state index contributed by atoms with van der Waals surface area (Å²) in [7, 11) is 0. The van der Waals surface area contributed by atoms with E-state index in [-0.39, 0.29) is 5.91 Å². The molecule has 1 fully saturated rings. The highest BCUT2D eigenvalue weighted by molar-refractivity contribution is 6.00. The quantitative estimate of drug-likeness (QED) is 0.605. The largest absolute Gasteiger partial charge is 0.388 e. The Labute approximate surface area is 103 Å². The maximum atomic E-state index is 11.6. The molecule has 1 aliphatic rings. The van der Waals surface area contributed by atoms with Crippen molar-refractivity contribution in [1.29, 1.82) is 5.41 Å². The maximum Gasteiger partial charge on any atom is 0.236 e. The molecule has 0 spiro atoms. The molecule has 1 heterocycles. The Morgan fingerprint density at radius 3 is 2.94 bits per heavy atom. The molecule has 0 bridgehead atoms. The summed E-state index contributed by atoms with van der Waals surface area (Å²) in [6.45, 7) is 8.28. The summed E-state index contributed by atoms with van der Waals surface area (Å²) >= 11 is 0. The van der Waals surface area contributed by atoms with Gasteiger partial charge >= 0.3 is 0 Å². The Hall–Kier alpha value is -1.36. The predicted octanol–water partition coefficient (Wildman–Crippen LogP) is 0.340. The topological polar surface area (TPSA) is 68.2 Å². The third kappa shape index (κ3) is 4.56. The zero-order chi connectivity index (χ0) is 12.8. The average molecular weight is 238 g/mol. The molecule has 0 atom stereocenters. The van der Waals surface area contributed by atoms with Gasteiger partial charge in [-0.05, 0) is 26.3 Å². The fourth-order valence-corrected chi connectivity index (χ4v) is 1.51. The molecule has 1 aliphatic heterocycles. The van der Waals surface area contributed by atoms with E-state index < -0.39 is 0 Å². The molecular weight excluding hydrogens is 216 g/mol. The normalized spacial score (nSPS) is 17.5. The van der Waals surface area contributed by atoms with E-state index in [1.54, 1.807) is 4.90 Å². The minimum absolute atomic E-state index is 0.0746. The van der Waals surface area contributed by atoms with Gasteiger partial charge in [0.1, 0.15) is 0 Å². The van der Waals surface area contributed by atoms with E-state index in [0.29, 0.717) is 31.4 Å². The van der Waals surface area contributed by atoms with Crippen LogP contribution in [0.1, 0.15) is 20.8 Å². The Morgan fingerprint density at radius 2 is 2.35 bits per heavy atom. The van der Waals surface area contributed by atoms with Crippen molar-refractivity contribution in [1.82, 2.24) is 15.5 Å². The van der Waals surface area contributed by atoms with Gasteiger partial charge in [-0.25, -0.2) is 0 Å². The smallest absolute Gasteiger partial charge is 0.236 e. The zero-order valence-electron chi connectivity index (χ0n) is 10.8. The lowest BCUT2D eigenvalue weighted by Crippen LogP contribution is -2.49. The molecule has 1 amide bonds. The van der Waals surface area contributed by atoms with E-state index in [2.05, 4.69) is 10.6 Å². The van der Waals surface area contributed by atoms with Gasteiger partial charge in [-0.15, -0.1) is 0 Å². The Kier molecular flexibility index (Phi) is 5.15. The van der Waals surface area contributed by atoms with E-state index >= 15 is 0 Å². The Bertz CT molecular complexity index is 322. The monoisotopic (exact) mass is 238 g/mol. The van der Waals surface area contributed by atoms with Gasteiger partial charge in [0, 0.05) is 25.3 Å². The summed E-state index contributed by atoms with van der Waals surface area (Å²) in [6, 6.07) is 0.360. The fourth-order valence-electron chi connectivity index (χ4n) is 1.51. The van der Waals surface area contributed by atoms with Gasteiger partial charge in [-0.1, -0.05) is 0 Å². The van der Waals surface area contributed by atoms with Crippen LogP contribution >= 0.6 is 0 Å². The molecule has 0 aliphatic carbocycles. The number of hydrogen-bond donors (Lipinski definition) is 3. The first-order valence-electron chi connectivity index (χ1n) is 6.00. The summed E-state index contributed by atoms with van der Waals surface area (Å²) in [5, 5.41) is 14.1. The molecule has 1 saturated heterocycles. The van der Waals surface area contributed by atoms with Crippen molar-refractivity contribution in [3.05, 3.63) is 11.8 Å². The van der Waals surface area contributed by atoms with Crippen LogP contribution in [0.3, 0.4) is 0 Å². The molecule has 5 nitrogen and oxygen atoms in total. The molecule has 0 radical (unpaired) electrons. The number of hydrogen-bond acceptors (Lipinski definition) is 4. The van der Waals surface area contributed by atoms with Crippen LogP contribution in [-0.4, -0.2) is 48.7 Å². The first-order valence-corrected chi connectivity index (χ1v) is 6.00. The van der Waals surface area contributed by atoms with Gasteiger partial charge in [0.05, 0.1) is 18.8 Å². The molecule has 1 rings (SSSR count). The van der Waals surface area contributed by atoms with Crippen LogP contribution in [0.5, 0.6) is 0 Å². The predicted molar refractivity (Wildman–Crippen MR) is 69.2 cm³/mol. The minimum atomic E-state index is 0.0746. The van der Waals surface area contributed by atoms with E-state index in [0.717, 1.165) is 12.1 Å². The van der Waals surface area contributed by atoms with Crippen LogP contribution in [-0.2, 0) is 4.79 Å². The van der Waals surface area contributed by atoms with Crippen LogP contribution in [0.15, 0.2) is 11.8 Å². The zero-order valence-corrected chi connectivity index (χ0v) is 10.8. The van der Waals surface area contributed by atoms with Crippen molar-refractivity contribution in [2.75, 3.05) is 26.2 Å². The third-order valence-electron chi connectivity index (χ3n) is 2.65. The van der Waals surface area contributed by atoms with Crippen LogP contribution in [0.2, 0.25) is 0 Å². The number of rotatable bonds is 5. The van der Waals surface area contributed by atoms with Gasteiger partial charge in [-0.2, -0.15) is 0 Å². The Morgan fingerprint density at radius 1 is 1.65 bits per heavy atom. The van der Waals surface area contributed by atoms with Crippen LogP contribution in [0, 0.1) is 5.41 Å². The number of carbonyl (C=O) groups excluding carboxylic acids is 1. The molecule has 5 heteroatoms. The van der Waals surface area contributed by atoms with Crippen LogP contribution < -0.4 is 10.6 Å². The van der Waals surface area contributed by atoms with E-state index in [4.69, 9.17) is 5.41 Å². The summed E-state index contributed by atoms with van der Waals surface area (Å²) in [5.74, 6) is 0.0746. The van der Waals surface area contributed by atoms with E-state index in [9.17, 15) is 4.79 Å². The molecule has 0 aromatic carbocycles. The second-order valence-electron chi connectivity index (χ2n) is 4.62. The van der Waals surface area contributed by atoms with Gasteiger partial charge in [-0.3, -0.25) is 4.79 Å². The number of amides is 1. The number of nitrogens with zero attached hydrogens (tertiary/aromatic N) is 1. The van der Waals surface area contributed by atoms with Crippen molar-refractivity contribution in [3.63, 3.8) is 0 Å². The average Bonchev–Trinajstić information content (AvgIpc) is 2.28. The van der Waals surface area contributed by atoms with Crippen molar-refractivity contribution in [3.8, 4) is 0 Å². The van der Waals surface area contributed by atoms with Crippen molar-refractivity contribution < 1.29 is 4.79 Å². The molecule has 0 saturated carbocycles. The van der Waals surface area contributed by atoms with Crippen molar-refractivity contribution in [2.24, 2.45) is 0 Å². The van der Waals surface area contributed by atoms with Crippen LogP contribution in [0.25, 0.3) is 0 Å². The maximum absolute atomic E-state index is 11.6. The van der Waals surface area contributed by atoms with Crippen molar-refractivity contribution >= 4 is 11.6 Å². The molecule has 0 aromatic rings. The Balaban J connectivity index is 2.47. The van der Waals surface area contributed by atoms with Gasteiger partial charge in [0.25, 0.3) is 0 Å². The number of nitrogens with one attached hydrogen (secondary N) is 3.